The molecular formula is C10H16ClN3O3S. The van der Waals surface area contributed by atoms with Gasteiger partial charge in [0.25, 0.3) is 10.0 Å². The molecule has 2 rings (SSSR count). The molecule has 0 bridgehead atoms. The number of nitrogens with zero attached hydrogens (tertiary/aromatic N) is 3. The normalized spacial score (nSPS) is 22.3. The highest BCUT2D eigenvalue weighted by atomic mass is 35.5. The molecule has 102 valence electrons. The summed E-state index contributed by atoms with van der Waals surface area (Å²) in [5, 5.41) is 0.0812. The van der Waals surface area contributed by atoms with Gasteiger partial charge in [-0.15, -0.1) is 11.6 Å². The maximum Gasteiger partial charge on any atom is 0.262 e. The summed E-state index contributed by atoms with van der Waals surface area (Å²) in [4.78, 5) is 4.07. The van der Waals surface area contributed by atoms with Crippen molar-refractivity contribution in [3.8, 4) is 0 Å². The summed E-state index contributed by atoms with van der Waals surface area (Å²) < 4.78 is 33.2. The molecule has 0 radical (unpaired) electrons. The summed E-state index contributed by atoms with van der Waals surface area (Å²) in [6, 6.07) is 0. The van der Waals surface area contributed by atoms with Crippen molar-refractivity contribution in [2.75, 3.05) is 25.6 Å². The van der Waals surface area contributed by atoms with Crippen LogP contribution >= 0.6 is 11.6 Å². The van der Waals surface area contributed by atoms with Crippen molar-refractivity contribution in [2.45, 2.75) is 18.1 Å². The number of halogens is 1. The van der Waals surface area contributed by atoms with Gasteiger partial charge in [-0.2, -0.15) is 4.31 Å². The van der Waals surface area contributed by atoms with Crippen molar-refractivity contribution in [2.24, 2.45) is 7.05 Å². The molecule has 6 nitrogen and oxygen atoms in total. The second-order valence-corrected chi connectivity index (χ2v) is 6.44. The third kappa shape index (κ3) is 2.54. The van der Waals surface area contributed by atoms with Gasteiger partial charge in [0.15, 0.2) is 5.03 Å². The Hall–Kier alpha value is -0.630. The number of hydrogen-bond donors (Lipinski definition) is 0. The van der Waals surface area contributed by atoms with Crippen LogP contribution in [0.25, 0.3) is 0 Å². The Morgan fingerprint density at radius 2 is 2.33 bits per heavy atom. The molecule has 0 amide bonds. The molecule has 1 aliphatic heterocycles. The highest BCUT2D eigenvalue weighted by Gasteiger charge is 2.32. The topological polar surface area (TPSA) is 64.4 Å². The largest absolute Gasteiger partial charge is 0.374 e. The van der Waals surface area contributed by atoms with E-state index in [0.29, 0.717) is 19.0 Å². The van der Waals surface area contributed by atoms with Gasteiger partial charge in [-0.05, 0) is 6.92 Å². The first-order valence-electron chi connectivity index (χ1n) is 5.63. The van der Waals surface area contributed by atoms with Crippen LogP contribution in [0, 0.1) is 6.92 Å². The number of morpholine rings is 1. The van der Waals surface area contributed by atoms with E-state index >= 15 is 0 Å². The number of alkyl halides is 1. The molecule has 1 aromatic rings. The Bertz CT molecular complexity index is 509. The predicted molar refractivity (Wildman–Crippen MR) is 67.2 cm³/mol. The van der Waals surface area contributed by atoms with Crippen molar-refractivity contribution in [1.82, 2.24) is 13.9 Å². The van der Waals surface area contributed by atoms with Gasteiger partial charge in [-0.25, -0.2) is 13.4 Å². The van der Waals surface area contributed by atoms with Gasteiger partial charge in [-0.3, -0.25) is 0 Å². The molecule has 1 atom stereocenters. The third-order valence-corrected chi connectivity index (χ3v) is 5.05. The fraction of sp³-hybridized carbons (Fsp3) is 0.700. The van der Waals surface area contributed by atoms with E-state index in [4.69, 9.17) is 16.3 Å². The van der Waals surface area contributed by atoms with Crippen LogP contribution in [0.4, 0.5) is 0 Å². The van der Waals surface area contributed by atoms with Crippen molar-refractivity contribution in [1.29, 1.82) is 0 Å². The smallest absolute Gasteiger partial charge is 0.262 e. The minimum absolute atomic E-state index is 0.0812. The highest BCUT2D eigenvalue weighted by Crippen LogP contribution is 2.18. The third-order valence-electron chi connectivity index (χ3n) is 2.96. The quantitative estimate of drug-likeness (QED) is 0.755. The van der Waals surface area contributed by atoms with Gasteiger partial charge < -0.3 is 9.30 Å². The molecule has 2 heterocycles. The van der Waals surface area contributed by atoms with Gasteiger partial charge in [0, 0.05) is 32.2 Å². The van der Waals surface area contributed by atoms with E-state index in [9.17, 15) is 8.42 Å². The lowest BCUT2D eigenvalue weighted by atomic mass is 10.3. The van der Waals surface area contributed by atoms with Crippen molar-refractivity contribution >= 4 is 21.6 Å². The van der Waals surface area contributed by atoms with E-state index in [0.717, 1.165) is 0 Å². The van der Waals surface area contributed by atoms with Crippen LogP contribution in [0.2, 0.25) is 0 Å². The lowest BCUT2D eigenvalue weighted by Gasteiger charge is -2.30. The Morgan fingerprint density at radius 1 is 1.61 bits per heavy atom. The molecule has 1 unspecified atom stereocenters. The maximum atomic E-state index is 12.4. The van der Waals surface area contributed by atoms with Crippen LogP contribution in [0.3, 0.4) is 0 Å². The van der Waals surface area contributed by atoms with E-state index in [1.807, 2.05) is 0 Å². The van der Waals surface area contributed by atoms with Gasteiger partial charge >= 0.3 is 0 Å². The Labute approximate surface area is 112 Å². The zero-order valence-corrected chi connectivity index (χ0v) is 11.9. The predicted octanol–water partition coefficient (Wildman–Crippen LogP) is 0.357. The van der Waals surface area contributed by atoms with Crippen molar-refractivity contribution < 1.29 is 13.2 Å². The summed E-state index contributed by atoms with van der Waals surface area (Å²) in [5.41, 5.74) is 0. The fourth-order valence-corrected chi connectivity index (χ4v) is 3.45. The first-order chi connectivity index (χ1) is 8.45. The molecule has 1 aromatic heterocycles. The Kier molecular flexibility index (Phi) is 3.96. The van der Waals surface area contributed by atoms with Crippen molar-refractivity contribution in [3.63, 3.8) is 0 Å². The summed E-state index contributed by atoms with van der Waals surface area (Å²) in [5.74, 6) is 0.948. The first-order valence-corrected chi connectivity index (χ1v) is 7.60. The first kappa shape index (κ1) is 13.8. The lowest BCUT2D eigenvalue weighted by molar-refractivity contribution is 0.0121. The van der Waals surface area contributed by atoms with E-state index in [1.165, 1.54) is 10.5 Å². The number of aryl methyl sites for hydroxylation is 2. The number of aromatic nitrogens is 2. The molecule has 0 saturated carbocycles. The molecule has 8 heteroatoms. The fourth-order valence-electron chi connectivity index (χ4n) is 1.79. The second kappa shape index (κ2) is 5.16. The average molecular weight is 294 g/mol. The molecular weight excluding hydrogens is 278 g/mol. The standard InChI is InChI=1S/C10H16ClN3O3S/c1-8-12-10(7-13(8)2)18(15,16)14-3-4-17-9(5-11)6-14/h7,9H,3-6H2,1-2H3. The second-order valence-electron chi connectivity index (χ2n) is 4.25. The van der Waals surface area contributed by atoms with Crippen LogP contribution in [-0.4, -0.2) is 54.0 Å². The molecule has 18 heavy (non-hydrogen) atoms. The Morgan fingerprint density at radius 3 is 2.89 bits per heavy atom. The van der Waals surface area contributed by atoms with Gasteiger partial charge in [0.1, 0.15) is 5.82 Å². The molecule has 0 aliphatic carbocycles. The molecule has 0 aromatic carbocycles. The van der Waals surface area contributed by atoms with Gasteiger partial charge in [0.2, 0.25) is 0 Å². The van der Waals surface area contributed by atoms with Gasteiger partial charge in [0.05, 0.1) is 12.7 Å². The van der Waals surface area contributed by atoms with E-state index < -0.39 is 10.0 Å². The zero-order valence-electron chi connectivity index (χ0n) is 10.3. The summed E-state index contributed by atoms with van der Waals surface area (Å²) in [6.45, 7) is 2.75. The minimum Gasteiger partial charge on any atom is -0.374 e. The summed E-state index contributed by atoms with van der Waals surface area (Å²) in [7, 11) is -1.78. The number of ether oxygens (including phenoxy) is 1. The van der Waals surface area contributed by atoms with Crippen LogP contribution in [0.15, 0.2) is 11.2 Å². The number of sulfonamides is 1. The monoisotopic (exact) mass is 293 g/mol. The Balaban J connectivity index is 2.25. The van der Waals surface area contributed by atoms with Crippen LogP contribution in [0.5, 0.6) is 0 Å². The average Bonchev–Trinajstić information content (AvgIpc) is 2.70. The van der Waals surface area contributed by atoms with Crippen LogP contribution < -0.4 is 0 Å². The molecule has 1 fully saturated rings. The molecule has 1 aliphatic rings. The summed E-state index contributed by atoms with van der Waals surface area (Å²) >= 11 is 5.70. The van der Waals surface area contributed by atoms with Crippen LogP contribution in [-0.2, 0) is 21.8 Å². The number of rotatable bonds is 3. The summed E-state index contributed by atoms with van der Waals surface area (Å²) in [6.07, 6.45) is 1.27. The van der Waals surface area contributed by atoms with E-state index in [-0.39, 0.29) is 23.6 Å². The zero-order chi connectivity index (χ0) is 13.3. The molecule has 0 spiro atoms. The molecule has 1 saturated heterocycles. The molecule has 0 N–H and O–H groups in total. The van der Waals surface area contributed by atoms with Gasteiger partial charge in [-0.1, -0.05) is 0 Å². The van der Waals surface area contributed by atoms with Crippen molar-refractivity contribution in [3.05, 3.63) is 12.0 Å². The highest BCUT2D eigenvalue weighted by molar-refractivity contribution is 7.89. The minimum atomic E-state index is -3.54. The number of hydrogen-bond acceptors (Lipinski definition) is 4. The number of imidazole rings is 1. The van der Waals surface area contributed by atoms with E-state index in [2.05, 4.69) is 4.98 Å². The van der Waals surface area contributed by atoms with E-state index in [1.54, 1.807) is 18.5 Å². The SMILES string of the molecule is Cc1nc(S(=O)(=O)N2CCOC(CCl)C2)cn1C. The van der Waals surface area contributed by atoms with Crippen LogP contribution in [0.1, 0.15) is 5.82 Å². The maximum absolute atomic E-state index is 12.4. The lowest BCUT2D eigenvalue weighted by Crippen LogP contribution is -2.46.